The summed E-state index contributed by atoms with van der Waals surface area (Å²) < 4.78 is 55.8. The summed E-state index contributed by atoms with van der Waals surface area (Å²) in [5.74, 6) is -1.47. The first kappa shape index (κ1) is 25.7. The van der Waals surface area contributed by atoms with Crippen molar-refractivity contribution < 1.29 is 65.8 Å². The van der Waals surface area contributed by atoms with Crippen LogP contribution in [0.25, 0.3) is 0 Å². The molecule has 1 fully saturated rings. The van der Waals surface area contributed by atoms with Gasteiger partial charge in [0.1, 0.15) is 37.0 Å². The number of aliphatic hydroxyl groups excluding tert-OH is 2. The van der Waals surface area contributed by atoms with E-state index in [9.17, 15) is 38.5 Å². The van der Waals surface area contributed by atoms with Crippen molar-refractivity contribution in [3.8, 4) is 0 Å². The van der Waals surface area contributed by atoms with Gasteiger partial charge in [0.25, 0.3) is 0 Å². The van der Waals surface area contributed by atoms with E-state index in [0.29, 0.717) is 7.11 Å². The Labute approximate surface area is 169 Å². The van der Waals surface area contributed by atoms with Crippen LogP contribution in [-0.2, 0) is 40.9 Å². The summed E-state index contributed by atoms with van der Waals surface area (Å²) in [4.78, 5) is 45.2. The lowest BCUT2D eigenvalue weighted by atomic mass is 9.95. The van der Waals surface area contributed by atoms with Crippen molar-refractivity contribution in [1.29, 1.82) is 0 Å². The molecule has 2 heterocycles. The molecule has 174 valence electrons. The third kappa shape index (κ3) is 6.47. The molecule has 2 rings (SSSR count). The number of ether oxygens (including phenoxy) is 1. The number of phosphoric ester groups is 2. The maximum absolute atomic E-state index is 12.2. The summed E-state index contributed by atoms with van der Waals surface area (Å²) in [7, 11) is -13.9. The summed E-state index contributed by atoms with van der Waals surface area (Å²) in [5, 5.41) is 20.2. The van der Waals surface area contributed by atoms with Crippen LogP contribution in [-0.4, -0.2) is 93.8 Å². The van der Waals surface area contributed by atoms with Crippen LogP contribution >= 0.6 is 23.5 Å². The van der Waals surface area contributed by atoms with Gasteiger partial charge < -0.3 is 34.5 Å². The van der Waals surface area contributed by atoms with Crippen molar-refractivity contribution in [3.63, 3.8) is 0 Å². The molecule has 0 aromatic carbocycles. The van der Waals surface area contributed by atoms with Crippen LogP contribution in [0.3, 0.4) is 0 Å². The van der Waals surface area contributed by atoms with Gasteiger partial charge in [-0.25, -0.2) is 13.7 Å². The maximum atomic E-state index is 12.2. The van der Waals surface area contributed by atoms with Gasteiger partial charge in [0, 0.05) is 20.4 Å². The standard InChI is InChI=1S/C11H21N2O14P3/c1-13-5-12-3-6(11(13)16)10-9(15)8(14)7(25-10)4-24-29(19,20)27-30(21,22)26-28(17,18)23-2/h3,6-10,14-15H,4-5H2,1-2H3,(H,17,18)(H,19,20)(H,21,22). The number of rotatable bonds is 9. The summed E-state index contributed by atoms with van der Waals surface area (Å²) in [6.07, 6.45) is -4.69. The Balaban J connectivity index is 1.99. The molecule has 0 aliphatic carbocycles. The first-order chi connectivity index (χ1) is 13.7. The van der Waals surface area contributed by atoms with Crippen molar-refractivity contribution >= 4 is 35.6 Å². The molecule has 0 bridgehead atoms. The maximum Gasteiger partial charge on any atom is 0.490 e. The zero-order chi connectivity index (χ0) is 22.9. The van der Waals surface area contributed by atoms with Crippen LogP contribution in [0, 0.1) is 5.92 Å². The molecule has 0 spiro atoms. The number of hydrogen-bond acceptors (Lipinski definition) is 12. The van der Waals surface area contributed by atoms with Gasteiger partial charge in [-0.3, -0.25) is 18.8 Å². The SMILES string of the molecule is COP(=O)(O)OP(=O)(O)OP(=O)(O)OCC1OC(C2C=NCN(C)C2=O)C(O)C1O. The molecular formula is C11H21N2O14P3. The number of aliphatic hydroxyl groups is 2. The molecule has 0 radical (unpaired) electrons. The van der Waals surface area contributed by atoms with E-state index in [-0.39, 0.29) is 6.67 Å². The minimum atomic E-state index is -5.59. The van der Waals surface area contributed by atoms with Crippen molar-refractivity contribution in [2.24, 2.45) is 10.9 Å². The second-order valence-electron chi connectivity index (χ2n) is 6.20. The third-order valence-corrected chi connectivity index (χ3v) is 8.26. The fourth-order valence-corrected chi connectivity index (χ4v) is 5.87. The molecule has 8 unspecified atom stereocenters. The van der Waals surface area contributed by atoms with E-state index in [2.05, 4.69) is 22.7 Å². The number of phosphoric acid groups is 3. The monoisotopic (exact) mass is 498 g/mol. The molecular weight excluding hydrogens is 477 g/mol. The first-order valence-corrected chi connectivity index (χ1v) is 12.5. The van der Waals surface area contributed by atoms with Crippen LogP contribution in [0.4, 0.5) is 0 Å². The Bertz CT molecular complexity index is 821. The predicted octanol–water partition coefficient (Wildman–Crippen LogP) is -1.41. The molecule has 8 atom stereocenters. The lowest BCUT2D eigenvalue weighted by molar-refractivity contribution is -0.138. The van der Waals surface area contributed by atoms with Gasteiger partial charge >= 0.3 is 23.5 Å². The Morgan fingerprint density at radius 3 is 2.33 bits per heavy atom. The second kappa shape index (κ2) is 9.51. The van der Waals surface area contributed by atoms with Gasteiger partial charge in [0.2, 0.25) is 5.91 Å². The fraction of sp³-hybridized carbons (Fsp3) is 0.818. The van der Waals surface area contributed by atoms with Crippen LogP contribution in [0.5, 0.6) is 0 Å². The van der Waals surface area contributed by atoms with Crippen LogP contribution in [0.2, 0.25) is 0 Å². The number of hydrogen-bond donors (Lipinski definition) is 5. The van der Waals surface area contributed by atoms with Crippen LogP contribution < -0.4 is 0 Å². The Hall–Kier alpha value is -0.570. The number of carbonyl (C=O) groups excluding carboxylic acids is 1. The van der Waals surface area contributed by atoms with E-state index in [0.717, 1.165) is 0 Å². The highest BCUT2D eigenvalue weighted by Crippen LogP contribution is 2.67. The van der Waals surface area contributed by atoms with Gasteiger partial charge in [-0.2, -0.15) is 8.62 Å². The summed E-state index contributed by atoms with van der Waals surface area (Å²) in [6.45, 7) is -0.830. The van der Waals surface area contributed by atoms with E-state index in [1.54, 1.807) is 0 Å². The molecule has 2 aliphatic heterocycles. The van der Waals surface area contributed by atoms with Crippen LogP contribution in [0.1, 0.15) is 0 Å². The van der Waals surface area contributed by atoms with Gasteiger partial charge in [0.05, 0.1) is 6.61 Å². The lowest BCUT2D eigenvalue weighted by Gasteiger charge is -2.28. The Kier molecular flexibility index (Phi) is 8.14. The zero-order valence-corrected chi connectivity index (χ0v) is 18.2. The molecule has 0 aromatic heterocycles. The van der Waals surface area contributed by atoms with Gasteiger partial charge in [0.15, 0.2) is 0 Å². The largest absolute Gasteiger partial charge is 0.490 e. The second-order valence-corrected chi connectivity index (χ2v) is 10.9. The number of aliphatic imine (C=N–C) groups is 1. The third-order valence-electron chi connectivity index (χ3n) is 4.02. The normalized spacial score (nSPS) is 35.6. The quantitative estimate of drug-likeness (QED) is 0.230. The van der Waals surface area contributed by atoms with E-state index in [1.165, 1.54) is 18.2 Å². The Morgan fingerprint density at radius 1 is 1.13 bits per heavy atom. The predicted molar refractivity (Wildman–Crippen MR) is 94.9 cm³/mol. The van der Waals surface area contributed by atoms with Crippen LogP contribution in [0.15, 0.2) is 4.99 Å². The molecule has 0 aromatic rings. The highest BCUT2D eigenvalue weighted by atomic mass is 31.3. The highest BCUT2D eigenvalue weighted by molar-refractivity contribution is 7.66. The minimum absolute atomic E-state index is 0.103. The lowest BCUT2D eigenvalue weighted by Crippen LogP contribution is -2.47. The van der Waals surface area contributed by atoms with E-state index in [1.807, 2.05) is 0 Å². The number of amides is 1. The Morgan fingerprint density at radius 2 is 1.73 bits per heavy atom. The first-order valence-electron chi connectivity index (χ1n) is 8.06. The van der Waals surface area contributed by atoms with E-state index in [4.69, 9.17) is 9.63 Å². The molecule has 19 heteroatoms. The molecule has 1 saturated heterocycles. The molecule has 30 heavy (non-hydrogen) atoms. The van der Waals surface area contributed by atoms with Crippen molar-refractivity contribution in [2.45, 2.75) is 24.4 Å². The zero-order valence-electron chi connectivity index (χ0n) is 15.5. The van der Waals surface area contributed by atoms with Crippen molar-refractivity contribution in [3.05, 3.63) is 0 Å². The molecule has 2 aliphatic rings. The number of nitrogens with zero attached hydrogens (tertiary/aromatic N) is 2. The topological polar surface area (TPSA) is 231 Å². The molecule has 1 amide bonds. The molecule has 5 N–H and O–H groups in total. The summed E-state index contributed by atoms with van der Waals surface area (Å²) in [6, 6.07) is 0. The highest BCUT2D eigenvalue weighted by Gasteiger charge is 2.50. The smallest absolute Gasteiger partial charge is 0.388 e. The van der Waals surface area contributed by atoms with Gasteiger partial charge in [-0.15, -0.1) is 0 Å². The minimum Gasteiger partial charge on any atom is -0.388 e. The van der Waals surface area contributed by atoms with E-state index >= 15 is 0 Å². The average Bonchev–Trinajstić information content (AvgIpc) is 2.89. The van der Waals surface area contributed by atoms with Crippen molar-refractivity contribution in [2.75, 3.05) is 27.4 Å². The fourth-order valence-electron chi connectivity index (χ4n) is 2.61. The molecule has 16 nitrogen and oxygen atoms in total. The summed E-state index contributed by atoms with van der Waals surface area (Å²) in [5.41, 5.74) is 0. The van der Waals surface area contributed by atoms with E-state index < -0.39 is 66.3 Å². The summed E-state index contributed by atoms with van der Waals surface area (Å²) >= 11 is 0. The van der Waals surface area contributed by atoms with Crippen molar-refractivity contribution in [1.82, 2.24) is 4.90 Å². The number of carbonyl (C=O) groups is 1. The van der Waals surface area contributed by atoms with Gasteiger partial charge in [-0.05, 0) is 0 Å². The van der Waals surface area contributed by atoms with Gasteiger partial charge in [-0.1, -0.05) is 0 Å². The molecule has 0 saturated carbocycles. The average molecular weight is 498 g/mol.